The third-order valence-electron chi connectivity index (χ3n) is 12.3. The van der Waals surface area contributed by atoms with Crippen LogP contribution < -0.4 is 4.74 Å². The van der Waals surface area contributed by atoms with Crippen LogP contribution in [-0.2, 0) is 0 Å². The molecule has 1 aromatic carbocycles. The van der Waals surface area contributed by atoms with E-state index in [4.69, 9.17) is 4.74 Å². The smallest absolute Gasteiger partial charge is 0.124 e. The van der Waals surface area contributed by atoms with Gasteiger partial charge in [-0.3, -0.25) is 0 Å². The van der Waals surface area contributed by atoms with Gasteiger partial charge in [0.2, 0.25) is 0 Å². The Balaban J connectivity index is 1.29. The van der Waals surface area contributed by atoms with E-state index < -0.39 is 18.3 Å². The van der Waals surface area contributed by atoms with Gasteiger partial charge in [0, 0.05) is 11.6 Å². The Labute approximate surface area is 235 Å². The highest BCUT2D eigenvalue weighted by atomic mass is 16.5. The van der Waals surface area contributed by atoms with Crippen molar-refractivity contribution in [1.82, 2.24) is 0 Å². The number of nitriles is 1. The first-order valence-corrected chi connectivity index (χ1v) is 15.4. The molecule has 0 amide bonds. The quantitative estimate of drug-likeness (QED) is 0.343. The molecule has 2 unspecified atom stereocenters. The van der Waals surface area contributed by atoms with E-state index in [2.05, 4.69) is 26.8 Å². The highest BCUT2D eigenvalue weighted by molar-refractivity contribution is 5.35. The van der Waals surface area contributed by atoms with Crippen molar-refractivity contribution in [1.29, 1.82) is 5.26 Å². The molecule has 0 saturated heterocycles. The Kier molecular flexibility index (Phi) is 8.22. The lowest BCUT2D eigenvalue weighted by Crippen LogP contribution is -2.59. The molecule has 5 heteroatoms. The molecule has 39 heavy (non-hydrogen) atoms. The summed E-state index contributed by atoms with van der Waals surface area (Å²) in [7, 11) is 1.66. The van der Waals surface area contributed by atoms with Crippen molar-refractivity contribution < 1.29 is 20.1 Å². The van der Waals surface area contributed by atoms with E-state index in [9.17, 15) is 20.6 Å². The molecule has 4 fully saturated rings. The van der Waals surface area contributed by atoms with Gasteiger partial charge in [0.05, 0.1) is 31.5 Å². The Morgan fingerprint density at radius 2 is 1.74 bits per heavy atom. The minimum atomic E-state index is -0.692. The van der Waals surface area contributed by atoms with E-state index >= 15 is 0 Å². The van der Waals surface area contributed by atoms with Crippen molar-refractivity contribution >= 4 is 0 Å². The zero-order chi connectivity index (χ0) is 27.9. The summed E-state index contributed by atoms with van der Waals surface area (Å²) < 4.78 is 5.46. The standard InChI is InChI=1S/C34H49NO4/c1-21(8-7-10-28(36)23-9-5-6-11-30(23)39-4)24-12-13-25-31-22(16-19-35)20-27-32(38)29(37)15-18-34(27,3)26(31)14-17-33(24,25)2/h5-6,9,11,16,21,24-29,31-32,36-38H,7-8,10,12-15,17-18,20H2,1-4H3/b22-16-/t21-,24-,25+,26+,27?,28?,29+,31+,32-,33-,34-/m1/s1. The SMILES string of the molecule is COc1ccccc1C(O)CCC[C@@H](C)[C@H]1CC[C@H]2[C@@H]3/C(=C\C#N)CC4[C@@H](O)[C@@H](O)CC[C@]4(C)[C@H]3CC[C@]12C. The number of para-hydroxylation sites is 1. The zero-order valence-corrected chi connectivity index (χ0v) is 24.4. The minimum Gasteiger partial charge on any atom is -0.496 e. The van der Waals surface area contributed by atoms with Crippen molar-refractivity contribution in [3.05, 3.63) is 41.5 Å². The van der Waals surface area contributed by atoms with Gasteiger partial charge in [-0.05, 0) is 104 Å². The molecule has 0 spiro atoms. The fraction of sp³-hybridized carbons (Fsp3) is 0.735. The fourth-order valence-electron chi connectivity index (χ4n) is 10.2. The van der Waals surface area contributed by atoms with Crippen LogP contribution in [0.5, 0.6) is 5.75 Å². The number of benzene rings is 1. The van der Waals surface area contributed by atoms with E-state index in [0.717, 1.165) is 49.8 Å². The first kappa shape index (κ1) is 28.7. The molecule has 0 aromatic heterocycles. The lowest BCUT2D eigenvalue weighted by molar-refractivity contribution is -0.159. The summed E-state index contributed by atoms with van der Waals surface area (Å²) in [5.41, 5.74) is 2.39. The number of rotatable bonds is 7. The Morgan fingerprint density at radius 3 is 2.49 bits per heavy atom. The van der Waals surface area contributed by atoms with Crippen LogP contribution in [0.3, 0.4) is 0 Å². The molecule has 4 aliphatic carbocycles. The number of hydrogen-bond donors (Lipinski definition) is 3. The van der Waals surface area contributed by atoms with Crippen LogP contribution in [-0.4, -0.2) is 34.6 Å². The summed E-state index contributed by atoms with van der Waals surface area (Å²) in [4.78, 5) is 0. The molecular weight excluding hydrogens is 486 g/mol. The lowest BCUT2D eigenvalue weighted by Gasteiger charge is -2.62. The summed E-state index contributed by atoms with van der Waals surface area (Å²) in [6, 6.07) is 10.1. The fourth-order valence-corrected chi connectivity index (χ4v) is 10.2. The van der Waals surface area contributed by atoms with Gasteiger partial charge in [0.1, 0.15) is 5.75 Å². The Morgan fingerprint density at radius 1 is 1.03 bits per heavy atom. The Hall–Kier alpha value is -1.87. The average molecular weight is 536 g/mol. The topological polar surface area (TPSA) is 93.7 Å². The highest BCUT2D eigenvalue weighted by Crippen LogP contribution is 2.69. The molecule has 3 N–H and O–H groups in total. The van der Waals surface area contributed by atoms with Crippen LogP contribution in [0.4, 0.5) is 0 Å². The molecule has 214 valence electrons. The number of allylic oxidation sites excluding steroid dienone is 2. The molecule has 4 aliphatic rings. The van der Waals surface area contributed by atoms with Gasteiger partial charge in [-0.1, -0.05) is 57.4 Å². The Bertz CT molecular complexity index is 1090. The minimum absolute atomic E-state index is 0.0236. The van der Waals surface area contributed by atoms with Gasteiger partial charge in [-0.15, -0.1) is 0 Å². The first-order valence-electron chi connectivity index (χ1n) is 15.4. The third-order valence-corrected chi connectivity index (χ3v) is 12.3. The largest absolute Gasteiger partial charge is 0.496 e. The van der Waals surface area contributed by atoms with Crippen molar-refractivity contribution in [2.24, 2.45) is 46.3 Å². The number of aliphatic hydroxyl groups is 3. The van der Waals surface area contributed by atoms with E-state index in [1.54, 1.807) is 13.2 Å². The van der Waals surface area contributed by atoms with Crippen LogP contribution in [0.15, 0.2) is 35.9 Å². The second-order valence-electron chi connectivity index (χ2n) is 13.9. The molecule has 0 bridgehead atoms. The maximum Gasteiger partial charge on any atom is 0.124 e. The molecule has 5 nitrogen and oxygen atoms in total. The molecule has 0 heterocycles. The van der Waals surface area contributed by atoms with Gasteiger partial charge in [-0.2, -0.15) is 5.26 Å². The zero-order valence-electron chi connectivity index (χ0n) is 24.4. The van der Waals surface area contributed by atoms with Crippen molar-refractivity contribution in [2.45, 2.75) is 103 Å². The predicted octanol–water partition coefficient (Wildman–Crippen LogP) is 6.59. The van der Waals surface area contributed by atoms with Crippen LogP contribution in [0.1, 0.15) is 96.6 Å². The number of aliphatic hydroxyl groups excluding tert-OH is 3. The molecule has 1 aromatic rings. The average Bonchev–Trinajstić information content (AvgIpc) is 3.29. The molecule has 5 rings (SSSR count). The summed E-state index contributed by atoms with van der Waals surface area (Å²) in [6.07, 6.45) is 9.99. The van der Waals surface area contributed by atoms with Gasteiger partial charge in [0.15, 0.2) is 0 Å². The van der Waals surface area contributed by atoms with Gasteiger partial charge < -0.3 is 20.1 Å². The second-order valence-corrected chi connectivity index (χ2v) is 13.9. The van der Waals surface area contributed by atoms with Gasteiger partial charge in [0.25, 0.3) is 0 Å². The summed E-state index contributed by atoms with van der Waals surface area (Å²) in [6.45, 7) is 7.32. The van der Waals surface area contributed by atoms with Crippen LogP contribution >= 0.6 is 0 Å². The maximum atomic E-state index is 11.0. The molecular formula is C34H49NO4. The third kappa shape index (κ3) is 4.85. The summed E-state index contributed by atoms with van der Waals surface area (Å²) >= 11 is 0. The summed E-state index contributed by atoms with van der Waals surface area (Å²) in [5.74, 6) is 3.49. The van der Waals surface area contributed by atoms with Crippen LogP contribution in [0.25, 0.3) is 0 Å². The second kappa shape index (κ2) is 11.2. The molecule has 0 aliphatic heterocycles. The maximum absolute atomic E-state index is 11.0. The lowest BCUT2D eigenvalue weighted by atomic mass is 9.43. The molecule has 11 atom stereocenters. The highest BCUT2D eigenvalue weighted by Gasteiger charge is 2.63. The van der Waals surface area contributed by atoms with Crippen LogP contribution in [0.2, 0.25) is 0 Å². The number of ether oxygens (including phenoxy) is 1. The van der Waals surface area contributed by atoms with E-state index in [1.807, 2.05) is 24.3 Å². The monoisotopic (exact) mass is 535 g/mol. The predicted molar refractivity (Wildman–Crippen MR) is 153 cm³/mol. The van der Waals surface area contributed by atoms with E-state index in [0.29, 0.717) is 36.0 Å². The van der Waals surface area contributed by atoms with Crippen molar-refractivity contribution in [3.8, 4) is 11.8 Å². The number of fused-ring (bicyclic) bond motifs is 5. The van der Waals surface area contributed by atoms with Crippen molar-refractivity contribution in [3.63, 3.8) is 0 Å². The van der Waals surface area contributed by atoms with Crippen molar-refractivity contribution in [2.75, 3.05) is 7.11 Å². The summed E-state index contributed by atoms with van der Waals surface area (Å²) in [5, 5.41) is 42.1. The normalized spacial score (nSPS) is 42.1. The van der Waals surface area contributed by atoms with E-state index in [-0.39, 0.29) is 16.7 Å². The number of hydrogen-bond acceptors (Lipinski definition) is 5. The number of nitrogens with zero attached hydrogens (tertiary/aromatic N) is 1. The van der Waals surface area contributed by atoms with E-state index in [1.165, 1.54) is 24.8 Å². The first-order chi connectivity index (χ1) is 18.7. The van der Waals surface area contributed by atoms with Gasteiger partial charge in [-0.25, -0.2) is 0 Å². The molecule has 4 saturated carbocycles. The van der Waals surface area contributed by atoms with Crippen LogP contribution in [0, 0.1) is 57.7 Å². The number of methoxy groups -OCH3 is 1. The van der Waals surface area contributed by atoms with Gasteiger partial charge >= 0.3 is 0 Å². The molecule has 0 radical (unpaired) electrons.